The number of carboxylic acids is 1. The second-order valence-electron chi connectivity index (χ2n) is 4.89. The molecule has 20 heavy (non-hydrogen) atoms. The molecule has 8 nitrogen and oxygen atoms in total. The van der Waals surface area contributed by atoms with Gasteiger partial charge in [0.25, 0.3) is 5.91 Å². The van der Waals surface area contributed by atoms with Gasteiger partial charge in [-0.25, -0.2) is 4.79 Å². The molecule has 1 aliphatic heterocycles. The molecule has 1 aliphatic rings. The highest BCUT2D eigenvalue weighted by Crippen LogP contribution is 2.30. The third kappa shape index (κ3) is 2.24. The minimum Gasteiger partial charge on any atom is -0.480 e. The molecule has 1 saturated heterocycles. The predicted octanol–water partition coefficient (Wildman–Crippen LogP) is 1.66. The predicted molar refractivity (Wildman–Crippen MR) is 66.3 cm³/mol. The normalized spacial score (nSPS) is 22.6. The van der Waals surface area contributed by atoms with E-state index < -0.39 is 28.2 Å². The van der Waals surface area contributed by atoms with Crippen LogP contribution in [0.5, 0.6) is 0 Å². The fourth-order valence-electron chi connectivity index (χ4n) is 2.34. The van der Waals surface area contributed by atoms with Crippen molar-refractivity contribution >= 4 is 17.8 Å². The molecule has 1 fully saturated rings. The summed E-state index contributed by atoms with van der Waals surface area (Å²) >= 11 is 0. The number of amides is 1. The summed E-state index contributed by atoms with van der Waals surface area (Å²) in [7, 11) is 0. The second kappa shape index (κ2) is 4.95. The lowest BCUT2D eigenvalue weighted by Crippen LogP contribution is -2.57. The van der Waals surface area contributed by atoms with Crippen molar-refractivity contribution in [1.82, 2.24) is 4.90 Å². The summed E-state index contributed by atoms with van der Waals surface area (Å²) in [5.74, 6) is -2.48. The van der Waals surface area contributed by atoms with Crippen molar-refractivity contribution < 1.29 is 24.0 Å². The fraction of sp³-hybridized carbons (Fsp3) is 0.500. The summed E-state index contributed by atoms with van der Waals surface area (Å²) in [5.41, 5.74) is -1.31. The lowest BCUT2D eigenvalue weighted by molar-refractivity contribution is -0.402. The van der Waals surface area contributed by atoms with E-state index in [4.69, 9.17) is 4.42 Å². The van der Waals surface area contributed by atoms with Gasteiger partial charge in [-0.15, -0.1) is 0 Å². The van der Waals surface area contributed by atoms with Gasteiger partial charge in [0.05, 0.1) is 6.07 Å². The van der Waals surface area contributed by atoms with Gasteiger partial charge >= 0.3 is 11.9 Å². The van der Waals surface area contributed by atoms with Gasteiger partial charge in [-0.05, 0) is 32.3 Å². The molecular formula is C12H14N2O6. The third-order valence-electron chi connectivity index (χ3n) is 3.58. The van der Waals surface area contributed by atoms with Crippen LogP contribution in [0.2, 0.25) is 0 Å². The summed E-state index contributed by atoms with van der Waals surface area (Å²) in [6.07, 6.45) is 1.75. The van der Waals surface area contributed by atoms with Crippen LogP contribution in [-0.4, -0.2) is 38.9 Å². The Morgan fingerprint density at radius 3 is 2.70 bits per heavy atom. The summed E-state index contributed by atoms with van der Waals surface area (Å²) in [6, 6.07) is 2.27. The Balaban J connectivity index is 2.30. The number of rotatable bonds is 3. The number of carbonyl (C=O) groups excluding carboxylic acids is 1. The van der Waals surface area contributed by atoms with Gasteiger partial charge in [0.2, 0.25) is 0 Å². The fourth-order valence-corrected chi connectivity index (χ4v) is 2.34. The van der Waals surface area contributed by atoms with Gasteiger partial charge in [0, 0.05) is 6.54 Å². The maximum atomic E-state index is 12.3. The first kappa shape index (κ1) is 14.0. The summed E-state index contributed by atoms with van der Waals surface area (Å²) < 4.78 is 4.85. The Hall–Kier alpha value is -2.38. The van der Waals surface area contributed by atoms with E-state index in [9.17, 15) is 24.8 Å². The molecule has 1 unspecified atom stereocenters. The number of piperidine rings is 1. The number of carbonyl (C=O) groups is 2. The van der Waals surface area contributed by atoms with Crippen molar-refractivity contribution in [3.8, 4) is 0 Å². The number of furan rings is 1. The molecule has 2 heterocycles. The SMILES string of the molecule is CC1(C(=O)O)CCCCN1C(=O)c1ccc([N+](=O)[O-])o1. The van der Waals surface area contributed by atoms with E-state index in [0.29, 0.717) is 19.3 Å². The average molecular weight is 282 g/mol. The molecule has 0 aliphatic carbocycles. The molecule has 0 radical (unpaired) electrons. The van der Waals surface area contributed by atoms with E-state index in [-0.39, 0.29) is 12.3 Å². The molecule has 1 atom stereocenters. The van der Waals surface area contributed by atoms with Crippen LogP contribution in [0.1, 0.15) is 36.7 Å². The van der Waals surface area contributed by atoms with E-state index in [1.165, 1.54) is 17.9 Å². The minimum atomic E-state index is -1.31. The number of hydrogen-bond donors (Lipinski definition) is 1. The summed E-state index contributed by atoms with van der Waals surface area (Å²) in [6.45, 7) is 1.76. The van der Waals surface area contributed by atoms with Crippen molar-refractivity contribution in [2.75, 3.05) is 6.54 Å². The van der Waals surface area contributed by atoms with Crippen LogP contribution >= 0.6 is 0 Å². The van der Waals surface area contributed by atoms with Gasteiger partial charge in [-0.1, -0.05) is 0 Å². The maximum absolute atomic E-state index is 12.3. The Kier molecular flexibility index (Phi) is 3.47. The monoisotopic (exact) mass is 282 g/mol. The smallest absolute Gasteiger partial charge is 0.433 e. The number of likely N-dealkylation sites (tertiary alicyclic amines) is 1. The van der Waals surface area contributed by atoms with Crippen molar-refractivity contribution in [2.24, 2.45) is 0 Å². The molecule has 8 heteroatoms. The van der Waals surface area contributed by atoms with E-state index >= 15 is 0 Å². The van der Waals surface area contributed by atoms with Crippen LogP contribution in [0.4, 0.5) is 5.88 Å². The number of nitrogens with zero attached hydrogens (tertiary/aromatic N) is 2. The van der Waals surface area contributed by atoms with E-state index in [2.05, 4.69) is 0 Å². The molecular weight excluding hydrogens is 268 g/mol. The van der Waals surface area contributed by atoms with Gasteiger partial charge in [-0.3, -0.25) is 14.9 Å². The molecule has 0 aromatic carbocycles. The molecule has 1 amide bonds. The van der Waals surface area contributed by atoms with Crippen LogP contribution < -0.4 is 0 Å². The largest absolute Gasteiger partial charge is 0.480 e. The maximum Gasteiger partial charge on any atom is 0.433 e. The minimum absolute atomic E-state index is 0.217. The summed E-state index contributed by atoms with van der Waals surface area (Å²) in [4.78, 5) is 34.7. The van der Waals surface area contributed by atoms with Gasteiger partial charge < -0.3 is 14.4 Å². The lowest BCUT2D eigenvalue weighted by Gasteiger charge is -2.41. The van der Waals surface area contributed by atoms with Gasteiger partial charge in [-0.2, -0.15) is 0 Å². The molecule has 1 aromatic rings. The highest BCUT2D eigenvalue weighted by Gasteiger charge is 2.45. The standard InChI is InChI=1S/C12H14N2O6/c1-12(11(16)17)6-2-3-7-13(12)10(15)8-4-5-9(20-8)14(18)19/h4-5H,2-3,6-7H2,1H3,(H,16,17). The Labute approximate surface area is 114 Å². The number of nitro groups is 1. The van der Waals surface area contributed by atoms with Gasteiger partial charge in [0.15, 0.2) is 5.76 Å². The average Bonchev–Trinajstić information content (AvgIpc) is 2.88. The Bertz CT molecular complexity index is 566. The van der Waals surface area contributed by atoms with Crippen molar-refractivity contribution in [1.29, 1.82) is 0 Å². The number of carboxylic acid groups (broad SMARTS) is 1. The first-order chi connectivity index (χ1) is 9.36. The summed E-state index contributed by atoms with van der Waals surface area (Å²) in [5, 5.41) is 19.9. The van der Waals surface area contributed by atoms with E-state index in [1.807, 2.05) is 0 Å². The molecule has 1 N–H and O–H groups in total. The molecule has 0 saturated carbocycles. The zero-order valence-corrected chi connectivity index (χ0v) is 10.9. The molecule has 0 bridgehead atoms. The van der Waals surface area contributed by atoms with Crippen molar-refractivity contribution in [3.63, 3.8) is 0 Å². The van der Waals surface area contributed by atoms with Crippen LogP contribution in [0.15, 0.2) is 16.5 Å². The first-order valence-electron chi connectivity index (χ1n) is 6.16. The van der Waals surface area contributed by atoms with Crippen molar-refractivity contribution in [3.05, 3.63) is 28.0 Å². The molecule has 2 rings (SSSR count). The zero-order valence-electron chi connectivity index (χ0n) is 10.9. The highest BCUT2D eigenvalue weighted by atomic mass is 16.6. The highest BCUT2D eigenvalue weighted by molar-refractivity contribution is 5.96. The molecule has 0 spiro atoms. The van der Waals surface area contributed by atoms with Crippen LogP contribution in [0.3, 0.4) is 0 Å². The number of aliphatic carboxylic acids is 1. The molecule has 108 valence electrons. The molecule has 1 aromatic heterocycles. The van der Waals surface area contributed by atoms with Crippen molar-refractivity contribution in [2.45, 2.75) is 31.7 Å². The first-order valence-corrected chi connectivity index (χ1v) is 6.16. The Morgan fingerprint density at radius 2 is 2.15 bits per heavy atom. The number of hydrogen-bond acceptors (Lipinski definition) is 5. The second-order valence-corrected chi connectivity index (χ2v) is 4.89. The lowest BCUT2D eigenvalue weighted by atomic mass is 9.88. The Morgan fingerprint density at radius 1 is 1.45 bits per heavy atom. The van der Waals surface area contributed by atoms with Gasteiger partial charge in [0.1, 0.15) is 10.5 Å². The van der Waals surface area contributed by atoms with E-state index in [0.717, 1.165) is 6.07 Å². The van der Waals surface area contributed by atoms with Crippen LogP contribution in [0, 0.1) is 10.1 Å². The third-order valence-corrected chi connectivity index (χ3v) is 3.58. The topological polar surface area (TPSA) is 114 Å². The van der Waals surface area contributed by atoms with E-state index in [1.54, 1.807) is 0 Å². The van der Waals surface area contributed by atoms with Crippen LogP contribution in [0.25, 0.3) is 0 Å². The zero-order chi connectivity index (χ0) is 14.9. The van der Waals surface area contributed by atoms with Crippen LogP contribution in [-0.2, 0) is 4.79 Å². The quantitative estimate of drug-likeness (QED) is 0.666.